The molecule has 19 heavy (non-hydrogen) atoms. The topological polar surface area (TPSA) is 131 Å². The maximum absolute atomic E-state index is 10.6. The van der Waals surface area contributed by atoms with E-state index in [0.29, 0.717) is 11.2 Å². The lowest BCUT2D eigenvalue weighted by Gasteiger charge is -1.99. The monoisotopic (exact) mass is 260 g/mol. The highest BCUT2D eigenvalue weighted by atomic mass is 16.6. The lowest BCUT2D eigenvalue weighted by Crippen LogP contribution is -2.06. The van der Waals surface area contributed by atoms with Crippen molar-refractivity contribution in [3.8, 4) is 5.95 Å². The van der Waals surface area contributed by atoms with Crippen molar-refractivity contribution in [1.82, 2.24) is 29.3 Å². The van der Waals surface area contributed by atoms with Crippen LogP contribution >= 0.6 is 0 Å². The van der Waals surface area contributed by atoms with Crippen LogP contribution in [0.5, 0.6) is 0 Å². The third-order valence-electron chi connectivity index (χ3n) is 2.54. The lowest BCUT2D eigenvalue weighted by molar-refractivity contribution is -0.389. The zero-order chi connectivity index (χ0) is 13.6. The second-order valence-electron chi connectivity index (χ2n) is 3.81. The first-order chi connectivity index (χ1) is 9.06. The molecule has 0 amide bonds. The molecule has 0 aliphatic rings. The van der Waals surface area contributed by atoms with Crippen molar-refractivity contribution in [1.29, 1.82) is 0 Å². The summed E-state index contributed by atoms with van der Waals surface area (Å²) in [5.41, 5.74) is 6.78. The molecule has 0 bridgehead atoms. The van der Waals surface area contributed by atoms with Gasteiger partial charge in [0, 0.05) is 7.05 Å². The van der Waals surface area contributed by atoms with Crippen LogP contribution in [-0.4, -0.2) is 34.2 Å². The third kappa shape index (κ3) is 1.66. The number of nitrogens with two attached hydrogens (primary N) is 1. The van der Waals surface area contributed by atoms with E-state index in [2.05, 4.69) is 20.1 Å². The quantitative estimate of drug-likeness (QED) is 0.508. The predicted octanol–water partition coefficient (Wildman–Crippen LogP) is 0.0394. The molecule has 10 heteroatoms. The average Bonchev–Trinajstić information content (AvgIpc) is 2.97. The fourth-order valence-electron chi connectivity index (χ4n) is 1.64. The molecular weight excluding hydrogens is 252 g/mol. The van der Waals surface area contributed by atoms with Gasteiger partial charge in [-0.15, -0.1) is 4.68 Å². The molecule has 0 aliphatic carbocycles. The molecule has 3 heterocycles. The Morgan fingerprint density at radius 2 is 2.21 bits per heavy atom. The molecule has 0 saturated carbocycles. The number of nitro groups is 1. The van der Waals surface area contributed by atoms with E-state index >= 15 is 0 Å². The van der Waals surface area contributed by atoms with E-state index in [9.17, 15) is 10.1 Å². The van der Waals surface area contributed by atoms with Crippen LogP contribution in [-0.2, 0) is 7.05 Å². The van der Waals surface area contributed by atoms with E-state index < -0.39 is 4.92 Å². The van der Waals surface area contributed by atoms with Crippen molar-refractivity contribution in [2.75, 3.05) is 5.73 Å². The summed E-state index contributed by atoms with van der Waals surface area (Å²) in [5, 5.41) is 14.3. The summed E-state index contributed by atoms with van der Waals surface area (Å²) in [7, 11) is 1.76. The number of anilines is 1. The first kappa shape index (κ1) is 11.1. The molecular formula is C9H8N8O2. The van der Waals surface area contributed by atoms with E-state index in [1.165, 1.54) is 16.9 Å². The van der Waals surface area contributed by atoms with E-state index in [1.54, 1.807) is 17.9 Å². The van der Waals surface area contributed by atoms with Gasteiger partial charge in [-0.25, -0.2) is 4.98 Å². The van der Waals surface area contributed by atoms with Crippen molar-refractivity contribution >= 4 is 22.8 Å². The summed E-state index contributed by atoms with van der Waals surface area (Å²) < 4.78 is 2.87. The summed E-state index contributed by atoms with van der Waals surface area (Å²) in [6.07, 6.45) is 2.96. The van der Waals surface area contributed by atoms with Crippen LogP contribution in [0.4, 0.5) is 11.6 Å². The molecule has 0 unspecified atom stereocenters. The minimum atomic E-state index is -0.595. The zero-order valence-corrected chi connectivity index (χ0v) is 9.76. The second kappa shape index (κ2) is 3.73. The fourth-order valence-corrected chi connectivity index (χ4v) is 1.64. The maximum Gasteiger partial charge on any atom is 0.390 e. The standard InChI is InChI=1S/C9H8N8O2/c1-15-4-11-6-7(10)12-9(13-8(6)15)16-3-2-5(14-16)17(18)19/h2-4H,1H3,(H2,10,12,13). The Labute approximate surface area is 105 Å². The van der Waals surface area contributed by atoms with Gasteiger partial charge < -0.3 is 20.4 Å². The summed E-state index contributed by atoms with van der Waals surface area (Å²) in [5.74, 6) is 0.0627. The molecule has 0 aromatic carbocycles. The number of imidazole rings is 1. The molecule has 96 valence electrons. The van der Waals surface area contributed by atoms with Gasteiger partial charge in [-0.05, 0) is 4.92 Å². The van der Waals surface area contributed by atoms with E-state index in [4.69, 9.17) is 5.73 Å². The molecule has 3 aromatic rings. The molecule has 0 fully saturated rings. The Morgan fingerprint density at radius 3 is 2.89 bits per heavy atom. The first-order valence-electron chi connectivity index (χ1n) is 5.21. The van der Waals surface area contributed by atoms with E-state index in [0.717, 1.165) is 0 Å². The third-order valence-corrected chi connectivity index (χ3v) is 2.54. The van der Waals surface area contributed by atoms with Gasteiger partial charge in [0.25, 0.3) is 5.95 Å². The molecule has 0 saturated heterocycles. The minimum absolute atomic E-state index is 0.154. The number of nitrogens with zero attached hydrogens (tertiary/aromatic N) is 7. The lowest BCUT2D eigenvalue weighted by atomic mass is 10.5. The van der Waals surface area contributed by atoms with Crippen LogP contribution in [0.2, 0.25) is 0 Å². The van der Waals surface area contributed by atoms with Crippen LogP contribution in [0.25, 0.3) is 17.1 Å². The van der Waals surface area contributed by atoms with Crippen LogP contribution < -0.4 is 5.73 Å². The number of rotatable bonds is 2. The van der Waals surface area contributed by atoms with Crippen LogP contribution in [0, 0.1) is 10.1 Å². The molecule has 0 radical (unpaired) electrons. The van der Waals surface area contributed by atoms with Crippen molar-refractivity contribution in [2.45, 2.75) is 0 Å². The summed E-state index contributed by atoms with van der Waals surface area (Å²) in [6, 6.07) is 1.26. The van der Waals surface area contributed by atoms with E-state index in [1.807, 2.05) is 0 Å². The number of nitrogen functional groups attached to an aromatic ring is 1. The molecule has 0 spiro atoms. The van der Waals surface area contributed by atoms with Crippen LogP contribution in [0.3, 0.4) is 0 Å². The zero-order valence-electron chi connectivity index (χ0n) is 9.76. The number of hydrogen-bond acceptors (Lipinski definition) is 7. The van der Waals surface area contributed by atoms with E-state index in [-0.39, 0.29) is 17.6 Å². The van der Waals surface area contributed by atoms with Gasteiger partial charge in [-0.3, -0.25) is 0 Å². The van der Waals surface area contributed by atoms with Gasteiger partial charge >= 0.3 is 5.82 Å². The molecule has 0 aliphatic heterocycles. The van der Waals surface area contributed by atoms with Crippen molar-refractivity contribution in [3.63, 3.8) is 0 Å². The number of aromatic nitrogens is 6. The fraction of sp³-hybridized carbons (Fsp3) is 0.111. The Hall–Kier alpha value is -3.04. The van der Waals surface area contributed by atoms with Gasteiger partial charge in [0.2, 0.25) is 0 Å². The van der Waals surface area contributed by atoms with Gasteiger partial charge in [0.05, 0.1) is 23.7 Å². The Balaban J connectivity index is 2.18. The SMILES string of the molecule is Cn1cnc2c(N)nc(-n3ccc([N+](=O)[O-])n3)nc21. The predicted molar refractivity (Wildman–Crippen MR) is 64.5 cm³/mol. The van der Waals surface area contributed by atoms with Crippen molar-refractivity contribution < 1.29 is 4.92 Å². The Kier molecular flexibility index (Phi) is 2.17. The van der Waals surface area contributed by atoms with Crippen LogP contribution in [0.1, 0.15) is 0 Å². The smallest absolute Gasteiger partial charge is 0.382 e. The molecule has 3 rings (SSSR count). The van der Waals surface area contributed by atoms with Crippen molar-refractivity contribution in [2.24, 2.45) is 7.05 Å². The molecule has 2 N–H and O–H groups in total. The highest BCUT2D eigenvalue weighted by Gasteiger charge is 2.16. The highest BCUT2D eigenvalue weighted by Crippen LogP contribution is 2.17. The summed E-state index contributed by atoms with van der Waals surface area (Å²) in [6.45, 7) is 0. The Morgan fingerprint density at radius 1 is 1.42 bits per heavy atom. The summed E-state index contributed by atoms with van der Waals surface area (Å²) >= 11 is 0. The normalized spacial score (nSPS) is 11.0. The van der Waals surface area contributed by atoms with Gasteiger partial charge in [0.1, 0.15) is 5.52 Å². The maximum atomic E-state index is 10.6. The average molecular weight is 260 g/mol. The van der Waals surface area contributed by atoms with Crippen molar-refractivity contribution in [3.05, 3.63) is 28.7 Å². The first-order valence-corrected chi connectivity index (χ1v) is 5.21. The number of fused-ring (bicyclic) bond motifs is 1. The number of hydrogen-bond donors (Lipinski definition) is 1. The molecule has 3 aromatic heterocycles. The summed E-state index contributed by atoms with van der Waals surface area (Å²) in [4.78, 5) is 22.3. The van der Waals surface area contributed by atoms with Gasteiger partial charge in [-0.2, -0.15) is 9.97 Å². The second-order valence-corrected chi connectivity index (χ2v) is 3.81. The van der Waals surface area contributed by atoms with Crippen LogP contribution in [0.15, 0.2) is 18.6 Å². The number of aryl methyl sites for hydroxylation is 1. The van der Waals surface area contributed by atoms with Gasteiger partial charge in [0.15, 0.2) is 11.5 Å². The van der Waals surface area contributed by atoms with Gasteiger partial charge in [-0.1, -0.05) is 0 Å². The Bertz CT molecular complexity index is 789. The molecule has 10 nitrogen and oxygen atoms in total. The largest absolute Gasteiger partial charge is 0.390 e. The molecule has 0 atom stereocenters. The highest BCUT2D eigenvalue weighted by molar-refractivity contribution is 5.82. The minimum Gasteiger partial charge on any atom is -0.382 e.